The zero-order chi connectivity index (χ0) is 27.1. The Hall–Kier alpha value is -4.85. The molecule has 1 fully saturated rings. The van der Waals surface area contributed by atoms with Crippen molar-refractivity contribution in [1.29, 1.82) is 0 Å². The molecule has 4 aromatic heterocycles. The fourth-order valence-corrected chi connectivity index (χ4v) is 5.71. The van der Waals surface area contributed by atoms with Crippen LogP contribution in [0.5, 0.6) is 0 Å². The van der Waals surface area contributed by atoms with E-state index in [4.69, 9.17) is 0 Å². The highest BCUT2D eigenvalue weighted by Crippen LogP contribution is 2.35. The van der Waals surface area contributed by atoms with Crippen LogP contribution in [0.3, 0.4) is 0 Å². The molecule has 0 spiro atoms. The van der Waals surface area contributed by atoms with Gasteiger partial charge in [-0.25, -0.2) is 4.39 Å². The molecule has 7 rings (SSSR count). The summed E-state index contributed by atoms with van der Waals surface area (Å²) in [6, 6.07) is 16.6. The molecule has 6 aromatic rings. The predicted octanol–water partition coefficient (Wildman–Crippen LogP) is 7.49. The van der Waals surface area contributed by atoms with Crippen molar-refractivity contribution in [3.63, 3.8) is 0 Å². The van der Waals surface area contributed by atoms with Crippen LogP contribution >= 0.6 is 0 Å². The minimum atomic E-state index is -0.273. The molecule has 0 bridgehead atoms. The van der Waals surface area contributed by atoms with Crippen molar-refractivity contribution in [2.45, 2.75) is 32.1 Å². The van der Waals surface area contributed by atoms with Crippen LogP contribution in [0.4, 0.5) is 10.1 Å². The number of aromatic nitrogens is 5. The van der Waals surface area contributed by atoms with Gasteiger partial charge in [-0.2, -0.15) is 5.10 Å². The number of fused-ring (bicyclic) bond motifs is 2. The molecule has 1 aliphatic carbocycles. The predicted molar refractivity (Wildman–Crippen MR) is 155 cm³/mol. The fraction of sp³-hybridized carbons (Fsp3) is 0.188. The van der Waals surface area contributed by atoms with Crippen LogP contribution in [0.1, 0.15) is 32.1 Å². The van der Waals surface area contributed by atoms with Gasteiger partial charge in [0.25, 0.3) is 0 Å². The molecular formula is C32H27FN6O. The van der Waals surface area contributed by atoms with Crippen molar-refractivity contribution in [3.8, 4) is 33.6 Å². The molecule has 7 nitrogen and oxygen atoms in total. The lowest BCUT2D eigenvalue weighted by atomic mass is 9.88. The number of nitrogens with one attached hydrogen (secondary N) is 3. The number of amides is 1. The Balaban J connectivity index is 1.22. The molecule has 2 aromatic carbocycles. The Kier molecular flexibility index (Phi) is 6.07. The van der Waals surface area contributed by atoms with Gasteiger partial charge < -0.3 is 10.3 Å². The van der Waals surface area contributed by atoms with Gasteiger partial charge in [0.1, 0.15) is 11.5 Å². The summed E-state index contributed by atoms with van der Waals surface area (Å²) < 4.78 is 13.5. The minimum absolute atomic E-state index is 0.0809. The molecule has 1 saturated carbocycles. The SMILES string of the molecule is O=C(Nc1cncc(-c2ccc3[nH]nc(-c4cc5c(-c6ccc(F)cc6)cncc5[nH]4)c3c2)c1)C1CCCCC1. The van der Waals surface area contributed by atoms with E-state index in [1.165, 1.54) is 18.6 Å². The summed E-state index contributed by atoms with van der Waals surface area (Å²) in [4.78, 5) is 25.0. The van der Waals surface area contributed by atoms with Gasteiger partial charge in [-0.3, -0.25) is 19.9 Å². The van der Waals surface area contributed by atoms with E-state index in [1.54, 1.807) is 36.9 Å². The van der Waals surface area contributed by atoms with Gasteiger partial charge in [-0.15, -0.1) is 0 Å². The van der Waals surface area contributed by atoms with Crippen LogP contribution in [0.15, 0.2) is 79.4 Å². The number of carbonyl (C=O) groups excluding carboxylic acids is 1. The number of aromatic amines is 2. The number of hydrogen-bond donors (Lipinski definition) is 3. The first-order chi connectivity index (χ1) is 19.6. The normalized spacial score (nSPS) is 14.1. The molecule has 8 heteroatoms. The maximum Gasteiger partial charge on any atom is 0.227 e. The summed E-state index contributed by atoms with van der Waals surface area (Å²) in [5.41, 5.74) is 7.81. The molecule has 0 atom stereocenters. The minimum Gasteiger partial charge on any atom is -0.352 e. The maximum atomic E-state index is 13.5. The van der Waals surface area contributed by atoms with E-state index in [1.807, 2.05) is 18.2 Å². The number of hydrogen-bond acceptors (Lipinski definition) is 4. The van der Waals surface area contributed by atoms with Gasteiger partial charge in [0.15, 0.2) is 0 Å². The third kappa shape index (κ3) is 4.51. The molecular weight excluding hydrogens is 503 g/mol. The molecule has 198 valence electrons. The number of anilines is 1. The third-order valence-corrected chi connectivity index (χ3v) is 7.83. The molecule has 0 saturated heterocycles. The van der Waals surface area contributed by atoms with E-state index < -0.39 is 0 Å². The van der Waals surface area contributed by atoms with E-state index >= 15 is 0 Å². The number of halogens is 1. The van der Waals surface area contributed by atoms with Crippen molar-refractivity contribution in [3.05, 3.63) is 85.2 Å². The highest BCUT2D eigenvalue weighted by Gasteiger charge is 2.21. The summed E-state index contributed by atoms with van der Waals surface area (Å²) in [7, 11) is 0. The zero-order valence-electron chi connectivity index (χ0n) is 21.7. The molecule has 1 aliphatic rings. The number of benzene rings is 2. The van der Waals surface area contributed by atoms with E-state index in [9.17, 15) is 9.18 Å². The van der Waals surface area contributed by atoms with Crippen molar-refractivity contribution in [2.75, 3.05) is 5.32 Å². The second-order valence-electron chi connectivity index (χ2n) is 10.5. The lowest BCUT2D eigenvalue weighted by Crippen LogP contribution is -2.24. The molecule has 1 amide bonds. The van der Waals surface area contributed by atoms with Crippen LogP contribution in [-0.4, -0.2) is 31.1 Å². The average Bonchev–Trinajstić information content (AvgIpc) is 3.62. The van der Waals surface area contributed by atoms with E-state index in [2.05, 4.69) is 42.6 Å². The second-order valence-corrected chi connectivity index (χ2v) is 10.5. The van der Waals surface area contributed by atoms with Crippen molar-refractivity contribution < 1.29 is 9.18 Å². The lowest BCUT2D eigenvalue weighted by Gasteiger charge is -2.20. The topological polar surface area (TPSA) is 99.3 Å². The summed E-state index contributed by atoms with van der Waals surface area (Å²) in [5.74, 6) is -0.110. The Morgan fingerprint density at radius 3 is 2.45 bits per heavy atom. The quantitative estimate of drug-likeness (QED) is 0.215. The molecule has 3 N–H and O–H groups in total. The first-order valence-corrected chi connectivity index (χ1v) is 13.6. The van der Waals surface area contributed by atoms with Crippen molar-refractivity contribution in [2.24, 2.45) is 5.92 Å². The van der Waals surface area contributed by atoms with E-state index in [-0.39, 0.29) is 17.6 Å². The van der Waals surface area contributed by atoms with Gasteiger partial charge in [0.2, 0.25) is 5.91 Å². The monoisotopic (exact) mass is 530 g/mol. The molecule has 4 heterocycles. The van der Waals surface area contributed by atoms with Crippen LogP contribution < -0.4 is 5.32 Å². The first-order valence-electron chi connectivity index (χ1n) is 13.6. The number of H-pyrrole nitrogens is 2. The highest BCUT2D eigenvalue weighted by atomic mass is 19.1. The maximum absolute atomic E-state index is 13.5. The Morgan fingerprint density at radius 1 is 0.800 bits per heavy atom. The average molecular weight is 531 g/mol. The summed E-state index contributed by atoms with van der Waals surface area (Å²) in [6.07, 6.45) is 12.4. The van der Waals surface area contributed by atoms with Crippen LogP contribution in [0, 0.1) is 11.7 Å². The van der Waals surface area contributed by atoms with Crippen LogP contribution in [-0.2, 0) is 4.79 Å². The van der Waals surface area contributed by atoms with E-state index in [0.29, 0.717) is 5.69 Å². The largest absolute Gasteiger partial charge is 0.352 e. The third-order valence-electron chi connectivity index (χ3n) is 7.83. The Bertz CT molecular complexity index is 1850. The van der Waals surface area contributed by atoms with Crippen LogP contribution in [0.2, 0.25) is 0 Å². The molecule has 40 heavy (non-hydrogen) atoms. The smallest absolute Gasteiger partial charge is 0.227 e. The number of nitrogens with zero attached hydrogens (tertiary/aromatic N) is 3. The number of rotatable bonds is 5. The van der Waals surface area contributed by atoms with E-state index in [0.717, 1.165) is 81.1 Å². The Labute approximate surface area is 229 Å². The number of carbonyl (C=O) groups is 1. The Morgan fingerprint density at radius 2 is 1.60 bits per heavy atom. The lowest BCUT2D eigenvalue weighted by molar-refractivity contribution is -0.120. The summed E-state index contributed by atoms with van der Waals surface area (Å²) >= 11 is 0. The fourth-order valence-electron chi connectivity index (χ4n) is 5.71. The van der Waals surface area contributed by atoms with Gasteiger partial charge in [0.05, 0.1) is 34.8 Å². The molecule has 0 unspecified atom stereocenters. The van der Waals surface area contributed by atoms with Gasteiger partial charge >= 0.3 is 0 Å². The standard InChI is InChI=1S/C32H27FN6O/c33-23-9-6-19(7-10-23)27-17-35-18-30-25(27)14-29(37-30)31-26-13-21(8-11-28(26)38-39-31)22-12-24(16-34-15-22)36-32(40)20-4-2-1-3-5-20/h6-18,20,37H,1-5H2,(H,36,40)(H,38,39). The number of pyridine rings is 2. The zero-order valence-corrected chi connectivity index (χ0v) is 21.7. The van der Waals surface area contributed by atoms with Gasteiger partial charge in [0, 0.05) is 40.2 Å². The van der Waals surface area contributed by atoms with Crippen molar-refractivity contribution in [1.82, 2.24) is 25.1 Å². The first kappa shape index (κ1) is 24.2. The van der Waals surface area contributed by atoms with Gasteiger partial charge in [-0.1, -0.05) is 37.5 Å². The van der Waals surface area contributed by atoms with Crippen molar-refractivity contribution >= 4 is 33.4 Å². The molecule has 0 aliphatic heterocycles. The molecule has 0 radical (unpaired) electrons. The second kappa shape index (κ2) is 10.0. The van der Waals surface area contributed by atoms with Gasteiger partial charge in [-0.05, 0) is 60.4 Å². The summed E-state index contributed by atoms with van der Waals surface area (Å²) in [5, 5.41) is 12.8. The summed E-state index contributed by atoms with van der Waals surface area (Å²) in [6.45, 7) is 0. The highest BCUT2D eigenvalue weighted by molar-refractivity contribution is 6.01. The van der Waals surface area contributed by atoms with Crippen LogP contribution in [0.25, 0.3) is 55.4 Å².